The highest BCUT2D eigenvalue weighted by Gasteiger charge is 2.26. The van der Waals surface area contributed by atoms with Crippen molar-refractivity contribution in [1.82, 2.24) is 29.4 Å². The van der Waals surface area contributed by atoms with Crippen molar-refractivity contribution in [3.05, 3.63) is 46.7 Å². The highest BCUT2D eigenvalue weighted by atomic mass is 32.2. The van der Waals surface area contributed by atoms with E-state index in [1.165, 1.54) is 17.6 Å². The highest BCUT2D eigenvalue weighted by molar-refractivity contribution is 7.90. The van der Waals surface area contributed by atoms with Gasteiger partial charge in [0.15, 0.2) is 32.0 Å². The molecule has 5 rings (SSSR count). The molecule has 0 unspecified atom stereocenters. The summed E-state index contributed by atoms with van der Waals surface area (Å²) in [4.78, 5) is 36.4. The van der Waals surface area contributed by atoms with Gasteiger partial charge in [-0.15, -0.1) is 0 Å². The number of anilines is 3. The minimum absolute atomic E-state index is 0.272. The zero-order chi connectivity index (χ0) is 29.3. The van der Waals surface area contributed by atoms with Crippen molar-refractivity contribution in [2.24, 2.45) is 0 Å². The Kier molecular flexibility index (Phi) is 8.25. The Morgan fingerprint density at radius 2 is 1.88 bits per heavy atom. The van der Waals surface area contributed by atoms with Crippen LogP contribution < -0.4 is 10.2 Å². The van der Waals surface area contributed by atoms with E-state index < -0.39 is 15.8 Å². The van der Waals surface area contributed by atoms with Crippen molar-refractivity contribution < 1.29 is 17.9 Å². The van der Waals surface area contributed by atoms with Crippen molar-refractivity contribution in [3.8, 4) is 0 Å². The van der Waals surface area contributed by atoms with Crippen LogP contribution in [0.15, 0.2) is 35.5 Å². The molecule has 1 fully saturated rings. The maximum atomic E-state index is 12.3. The number of rotatable bonds is 9. The van der Waals surface area contributed by atoms with Crippen LogP contribution in [0.5, 0.6) is 0 Å². The molecular formula is C27H34N8O4S2. The number of carbonyl (C=O) groups is 1. The number of hydrogen-bond donors (Lipinski definition) is 1. The number of aryl methyl sites for hydroxylation is 1. The van der Waals surface area contributed by atoms with Crippen molar-refractivity contribution >= 4 is 55.2 Å². The number of sulfone groups is 1. The lowest BCUT2D eigenvalue weighted by molar-refractivity contribution is 0.0531. The number of hydrogen-bond acceptors (Lipinski definition) is 12. The quantitative estimate of drug-likeness (QED) is 0.284. The van der Waals surface area contributed by atoms with Gasteiger partial charge >= 0.3 is 5.97 Å². The predicted molar refractivity (Wildman–Crippen MR) is 159 cm³/mol. The van der Waals surface area contributed by atoms with Gasteiger partial charge in [0, 0.05) is 19.3 Å². The van der Waals surface area contributed by atoms with Gasteiger partial charge in [-0.05, 0) is 64.5 Å². The fraction of sp³-hybridized carbons (Fsp3) is 0.444. The van der Waals surface area contributed by atoms with Crippen LogP contribution in [0.25, 0.3) is 11.2 Å². The summed E-state index contributed by atoms with van der Waals surface area (Å²) in [5.74, 6) is 0.636. The van der Waals surface area contributed by atoms with Gasteiger partial charge in [-0.2, -0.15) is 9.97 Å². The number of esters is 1. The van der Waals surface area contributed by atoms with Crippen LogP contribution in [0.4, 0.5) is 16.9 Å². The maximum Gasteiger partial charge on any atom is 0.350 e. The second kappa shape index (κ2) is 11.7. The molecule has 12 nitrogen and oxygen atoms in total. The number of thiazole rings is 1. The number of fused-ring (bicyclic) bond motifs is 1. The summed E-state index contributed by atoms with van der Waals surface area (Å²) < 4.78 is 30.9. The van der Waals surface area contributed by atoms with E-state index in [9.17, 15) is 13.2 Å². The summed E-state index contributed by atoms with van der Waals surface area (Å²) in [5.41, 5.74) is 2.78. The molecule has 4 aromatic rings. The summed E-state index contributed by atoms with van der Waals surface area (Å²) in [6.45, 7) is 6.26. The fourth-order valence-electron chi connectivity index (χ4n) is 4.87. The highest BCUT2D eigenvalue weighted by Crippen LogP contribution is 2.31. The van der Waals surface area contributed by atoms with Crippen molar-refractivity contribution in [2.45, 2.75) is 44.2 Å². The first-order chi connectivity index (χ1) is 19.5. The van der Waals surface area contributed by atoms with Gasteiger partial charge in [-0.25, -0.2) is 23.2 Å². The molecule has 0 amide bonds. The van der Waals surface area contributed by atoms with E-state index in [4.69, 9.17) is 19.7 Å². The zero-order valence-corrected chi connectivity index (χ0v) is 25.4. The Morgan fingerprint density at radius 1 is 1.17 bits per heavy atom. The van der Waals surface area contributed by atoms with Gasteiger partial charge in [-0.3, -0.25) is 5.32 Å². The van der Waals surface area contributed by atoms with Gasteiger partial charge in [0.05, 0.1) is 30.1 Å². The molecule has 1 aliphatic heterocycles. The van der Waals surface area contributed by atoms with Gasteiger partial charge in [-0.1, -0.05) is 23.5 Å². The van der Waals surface area contributed by atoms with Crippen LogP contribution in [-0.4, -0.2) is 89.9 Å². The second-order valence-electron chi connectivity index (χ2n) is 10.3. The zero-order valence-electron chi connectivity index (χ0n) is 23.8. The van der Waals surface area contributed by atoms with E-state index in [2.05, 4.69) is 27.1 Å². The molecule has 0 bridgehead atoms. The Hall–Kier alpha value is -3.62. The molecule has 41 heavy (non-hydrogen) atoms. The molecule has 1 saturated heterocycles. The molecule has 0 aliphatic carbocycles. The molecule has 218 valence electrons. The number of aromatic nitrogens is 5. The van der Waals surface area contributed by atoms with Crippen molar-refractivity contribution in [3.63, 3.8) is 0 Å². The molecule has 1 aliphatic rings. The molecule has 14 heteroatoms. The molecule has 4 heterocycles. The van der Waals surface area contributed by atoms with Crippen LogP contribution >= 0.6 is 11.3 Å². The Labute approximate surface area is 243 Å². The third kappa shape index (κ3) is 6.34. The third-order valence-corrected chi connectivity index (χ3v) is 9.38. The lowest BCUT2D eigenvalue weighted by atomic mass is 10.0. The first kappa shape index (κ1) is 28.9. The van der Waals surface area contributed by atoms with Crippen LogP contribution in [-0.2, 0) is 21.1 Å². The number of carbonyl (C=O) groups excluding carboxylic acids is 1. The first-order valence-electron chi connectivity index (χ1n) is 13.4. The summed E-state index contributed by atoms with van der Waals surface area (Å²) in [7, 11) is 0.888. The molecular weight excluding hydrogens is 564 g/mol. The first-order valence-corrected chi connectivity index (χ1v) is 16.1. The summed E-state index contributed by atoms with van der Waals surface area (Å²) in [6, 6.07) is 7.10. The fourth-order valence-corrected chi connectivity index (χ4v) is 6.36. The lowest BCUT2D eigenvalue weighted by Crippen LogP contribution is -2.42. The largest absolute Gasteiger partial charge is 0.462 e. The average molecular weight is 599 g/mol. The third-order valence-electron chi connectivity index (χ3n) is 7.20. The molecule has 0 saturated carbocycles. The Morgan fingerprint density at radius 3 is 2.54 bits per heavy atom. The van der Waals surface area contributed by atoms with Crippen LogP contribution in [0.1, 0.15) is 40.7 Å². The van der Waals surface area contributed by atoms with E-state index in [0.717, 1.165) is 31.5 Å². The lowest BCUT2D eigenvalue weighted by Gasteiger charge is -2.35. The van der Waals surface area contributed by atoms with E-state index in [1.807, 2.05) is 11.6 Å². The van der Waals surface area contributed by atoms with Crippen LogP contribution in [0.2, 0.25) is 0 Å². The number of likely N-dealkylation sites (tertiary alicyclic amines) is 1. The van der Waals surface area contributed by atoms with Crippen LogP contribution in [0, 0.1) is 6.92 Å². The number of piperidine rings is 1. The van der Waals surface area contributed by atoms with Crippen LogP contribution in [0.3, 0.4) is 0 Å². The number of imidazole rings is 1. The summed E-state index contributed by atoms with van der Waals surface area (Å²) >= 11 is 1.20. The number of ether oxygens (including phenoxy) is 1. The number of nitrogens with one attached hydrogen (secondary N) is 1. The van der Waals surface area contributed by atoms with Crippen molar-refractivity contribution in [1.29, 1.82) is 0 Å². The minimum atomic E-state index is -3.28. The SMILES string of the molecule is CCOC(=O)c1sc(Nc2nc(N(C)C3CCN(C)CC3)c3ncn(Cc4ccc(S(C)(=O)=O)cc4)c3n2)nc1C. The Bertz CT molecular complexity index is 1660. The average Bonchev–Trinajstić information content (AvgIpc) is 3.51. The summed E-state index contributed by atoms with van der Waals surface area (Å²) in [6.07, 6.45) is 4.93. The van der Waals surface area contributed by atoms with Gasteiger partial charge in [0.2, 0.25) is 5.95 Å². The predicted octanol–water partition coefficient (Wildman–Crippen LogP) is 3.49. The van der Waals surface area contributed by atoms with Gasteiger partial charge in [0.25, 0.3) is 0 Å². The minimum Gasteiger partial charge on any atom is -0.462 e. The molecule has 3 aromatic heterocycles. The maximum absolute atomic E-state index is 12.3. The van der Waals surface area contributed by atoms with E-state index >= 15 is 0 Å². The molecule has 0 atom stereocenters. The second-order valence-corrected chi connectivity index (χ2v) is 13.3. The normalized spacial score (nSPS) is 14.9. The van der Waals surface area contributed by atoms with Crippen molar-refractivity contribution in [2.75, 3.05) is 50.3 Å². The molecule has 0 radical (unpaired) electrons. The monoisotopic (exact) mass is 598 g/mol. The smallest absolute Gasteiger partial charge is 0.350 e. The number of benzene rings is 1. The summed E-state index contributed by atoms with van der Waals surface area (Å²) in [5, 5.41) is 3.69. The molecule has 1 N–H and O–H groups in total. The van der Waals surface area contributed by atoms with Gasteiger partial charge in [0.1, 0.15) is 4.88 Å². The number of nitrogens with zero attached hydrogens (tertiary/aromatic N) is 7. The van der Waals surface area contributed by atoms with E-state index in [0.29, 0.717) is 51.2 Å². The topological polar surface area (TPSA) is 135 Å². The Balaban J connectivity index is 1.52. The molecule has 1 aromatic carbocycles. The standard InChI is InChI=1S/C27H34N8O4S2/c1-6-39-25(36)22-17(2)29-27(40-22)32-26-30-23(34(4)19-11-13-33(3)14-12-19)21-24(31-26)35(16-28-21)15-18-7-9-20(10-8-18)41(5,37)38/h7-10,16,19H,6,11-15H2,1-5H3,(H,29,30,31,32). The van der Waals surface area contributed by atoms with E-state index in [-0.39, 0.29) is 11.5 Å². The molecule has 0 spiro atoms. The van der Waals surface area contributed by atoms with Gasteiger partial charge < -0.3 is 19.1 Å². The van der Waals surface area contributed by atoms with E-state index in [1.54, 1.807) is 44.4 Å².